The van der Waals surface area contributed by atoms with Crippen LogP contribution in [0.4, 0.5) is 23.2 Å². The lowest BCUT2D eigenvalue weighted by molar-refractivity contribution is -0.133. The fourth-order valence-corrected chi connectivity index (χ4v) is 2.73. The summed E-state index contributed by atoms with van der Waals surface area (Å²) in [5.41, 5.74) is 3.19. The van der Waals surface area contributed by atoms with Crippen molar-refractivity contribution in [1.29, 1.82) is 0 Å². The molecule has 1 aromatic rings. The Bertz CT molecular complexity index is 813. The maximum atomic E-state index is 13.3. The van der Waals surface area contributed by atoms with E-state index in [-0.39, 0.29) is 0 Å². The number of aliphatic hydroxyl groups excluding tert-OH is 2. The third-order valence-electron chi connectivity index (χ3n) is 2.86. The number of carbonyl (C=O) groups is 2. The number of halogens is 4. The first-order valence-corrected chi connectivity index (χ1v) is 8.56. The van der Waals surface area contributed by atoms with E-state index in [1.165, 1.54) is 4.72 Å². The molecule has 0 bridgehead atoms. The number of hydrogen-bond acceptors (Lipinski definition) is 7. The van der Waals surface area contributed by atoms with Gasteiger partial charge in [-0.2, -0.15) is 13.2 Å². The summed E-state index contributed by atoms with van der Waals surface area (Å²) in [6.45, 7) is -0.992. The van der Waals surface area contributed by atoms with E-state index >= 15 is 0 Å². The van der Waals surface area contributed by atoms with Crippen LogP contribution in [0.5, 0.6) is 0 Å². The summed E-state index contributed by atoms with van der Waals surface area (Å²) in [4.78, 5) is 22.6. The van der Waals surface area contributed by atoms with Crippen LogP contribution in [0, 0.1) is 5.82 Å². The van der Waals surface area contributed by atoms with Crippen molar-refractivity contribution >= 4 is 27.6 Å². The molecule has 9 nitrogen and oxygen atoms in total. The fourth-order valence-electron chi connectivity index (χ4n) is 1.71. The first kappa shape index (κ1) is 22.6. The minimum Gasteiger partial charge on any atom is -0.459 e. The molecule has 27 heavy (non-hydrogen) atoms. The number of nitrogens with two attached hydrogens (primary N) is 1. The summed E-state index contributed by atoms with van der Waals surface area (Å²) in [7, 11) is -4.97. The largest absolute Gasteiger partial charge is 0.459 e. The van der Waals surface area contributed by atoms with Gasteiger partial charge < -0.3 is 20.7 Å². The van der Waals surface area contributed by atoms with E-state index in [9.17, 15) is 40.7 Å². The first-order chi connectivity index (χ1) is 12.2. The van der Waals surface area contributed by atoms with Crippen LogP contribution in [0.15, 0.2) is 18.2 Å². The molecule has 0 aromatic heterocycles. The number of benzene rings is 1. The quantitative estimate of drug-likeness (QED) is 0.327. The zero-order valence-electron chi connectivity index (χ0n) is 13.2. The van der Waals surface area contributed by atoms with Crippen LogP contribution in [0.2, 0.25) is 0 Å². The summed E-state index contributed by atoms with van der Waals surface area (Å²) >= 11 is 0. The Labute approximate surface area is 149 Å². The molecule has 0 fully saturated rings. The Morgan fingerprint density at radius 1 is 1.26 bits per heavy atom. The van der Waals surface area contributed by atoms with Crippen molar-refractivity contribution in [3.63, 3.8) is 0 Å². The van der Waals surface area contributed by atoms with Crippen LogP contribution in [-0.4, -0.2) is 61.3 Å². The van der Waals surface area contributed by atoms with Crippen molar-refractivity contribution in [3.8, 4) is 0 Å². The van der Waals surface area contributed by atoms with Gasteiger partial charge in [0.2, 0.25) is 15.9 Å². The average molecular weight is 418 g/mol. The number of esters is 1. The van der Waals surface area contributed by atoms with Gasteiger partial charge in [0.25, 0.3) is 0 Å². The van der Waals surface area contributed by atoms with Crippen molar-refractivity contribution in [2.75, 3.05) is 17.1 Å². The van der Waals surface area contributed by atoms with Gasteiger partial charge in [0.05, 0.1) is 11.3 Å². The van der Waals surface area contributed by atoms with Gasteiger partial charge in [0, 0.05) is 0 Å². The lowest BCUT2D eigenvalue weighted by Crippen LogP contribution is -2.41. The summed E-state index contributed by atoms with van der Waals surface area (Å²) < 4.78 is 79.1. The first-order valence-electron chi connectivity index (χ1n) is 6.91. The molecule has 1 rings (SSSR count). The summed E-state index contributed by atoms with van der Waals surface area (Å²) in [5.74, 6) is -6.08. The molecule has 0 heterocycles. The molecule has 2 unspecified atom stereocenters. The van der Waals surface area contributed by atoms with Crippen LogP contribution in [0.25, 0.3) is 0 Å². The predicted octanol–water partition coefficient (Wildman–Crippen LogP) is -0.506. The highest BCUT2D eigenvalue weighted by Gasteiger charge is 2.35. The van der Waals surface area contributed by atoms with E-state index in [0.29, 0.717) is 18.2 Å². The number of ether oxygens (including phenoxy) is 1. The van der Waals surface area contributed by atoms with Crippen molar-refractivity contribution in [2.45, 2.75) is 18.4 Å². The van der Waals surface area contributed by atoms with Crippen molar-refractivity contribution < 1.29 is 50.5 Å². The van der Waals surface area contributed by atoms with Crippen LogP contribution in [0.1, 0.15) is 10.4 Å². The maximum Gasteiger partial charge on any atom is 0.404 e. The van der Waals surface area contributed by atoms with Gasteiger partial charge in [-0.25, -0.2) is 17.6 Å². The number of sulfonamides is 1. The Morgan fingerprint density at radius 2 is 1.85 bits per heavy atom. The lowest BCUT2D eigenvalue weighted by Gasteiger charge is -2.16. The zero-order valence-corrected chi connectivity index (χ0v) is 14.1. The van der Waals surface area contributed by atoms with E-state index in [1.54, 1.807) is 0 Å². The molecule has 0 saturated carbocycles. The second kappa shape index (κ2) is 8.49. The van der Waals surface area contributed by atoms with Gasteiger partial charge in [-0.15, -0.1) is 0 Å². The number of alkyl halides is 3. The molecule has 0 spiro atoms. The fraction of sp³-hybridized carbons (Fsp3) is 0.385. The molecule has 0 aliphatic rings. The smallest absolute Gasteiger partial charge is 0.404 e. The Morgan fingerprint density at radius 3 is 2.37 bits per heavy atom. The number of amides is 1. The standard InChI is InChI=1S/C13H14F4N2O7S/c14-6-1-2-8(19-27(24,25)5-13(15,16)17)7(3-6)12(23)26-4-9(20)10(21)11(18)22/h1-3,9-10,19-21H,4-5H2,(H2,18,22). The molecule has 2 atom stereocenters. The summed E-state index contributed by atoms with van der Waals surface area (Å²) in [6, 6.07) is 1.84. The lowest BCUT2D eigenvalue weighted by atomic mass is 10.1. The second-order valence-corrected chi connectivity index (χ2v) is 6.90. The van der Waals surface area contributed by atoms with Gasteiger partial charge in [-0.1, -0.05) is 0 Å². The third kappa shape index (κ3) is 7.36. The molecule has 14 heteroatoms. The Kier molecular flexibility index (Phi) is 7.11. The van der Waals surface area contributed by atoms with Gasteiger partial charge in [0.1, 0.15) is 18.5 Å². The predicted molar refractivity (Wildman–Crippen MR) is 81.4 cm³/mol. The number of hydrogen-bond donors (Lipinski definition) is 4. The molecule has 0 saturated heterocycles. The minimum absolute atomic E-state index is 0.477. The SMILES string of the molecule is NC(=O)C(O)C(O)COC(=O)c1cc(F)ccc1NS(=O)(=O)CC(F)(F)F. The molecular weight excluding hydrogens is 404 g/mol. The van der Waals surface area contributed by atoms with Crippen LogP contribution in [-0.2, 0) is 19.6 Å². The van der Waals surface area contributed by atoms with Gasteiger partial charge >= 0.3 is 12.1 Å². The second-order valence-electron chi connectivity index (χ2n) is 5.18. The molecule has 1 aromatic carbocycles. The number of primary amides is 1. The zero-order chi connectivity index (χ0) is 21.0. The van der Waals surface area contributed by atoms with Crippen molar-refractivity contribution in [3.05, 3.63) is 29.6 Å². The molecule has 0 aliphatic carbocycles. The summed E-state index contributed by atoms with van der Waals surface area (Å²) in [5, 5.41) is 18.5. The molecule has 1 amide bonds. The van der Waals surface area contributed by atoms with Crippen LogP contribution < -0.4 is 10.5 Å². The van der Waals surface area contributed by atoms with Crippen molar-refractivity contribution in [1.82, 2.24) is 0 Å². The number of nitrogens with one attached hydrogen (secondary N) is 1. The van der Waals surface area contributed by atoms with Crippen LogP contribution >= 0.6 is 0 Å². The highest BCUT2D eigenvalue weighted by Crippen LogP contribution is 2.23. The molecule has 5 N–H and O–H groups in total. The highest BCUT2D eigenvalue weighted by atomic mass is 32.2. The highest BCUT2D eigenvalue weighted by molar-refractivity contribution is 7.92. The molecule has 0 radical (unpaired) electrons. The van der Waals surface area contributed by atoms with E-state index in [4.69, 9.17) is 10.8 Å². The minimum atomic E-state index is -5.07. The van der Waals surface area contributed by atoms with Gasteiger partial charge in [0.15, 0.2) is 11.9 Å². The Balaban J connectivity index is 2.99. The molecule has 152 valence electrons. The number of carbonyl (C=O) groups excluding carboxylic acids is 2. The third-order valence-corrected chi connectivity index (χ3v) is 4.10. The maximum absolute atomic E-state index is 13.3. The van der Waals surface area contributed by atoms with Crippen molar-refractivity contribution in [2.24, 2.45) is 5.73 Å². The topological polar surface area (TPSA) is 156 Å². The van der Waals surface area contributed by atoms with E-state index in [0.717, 1.165) is 0 Å². The monoisotopic (exact) mass is 418 g/mol. The molecule has 0 aliphatic heterocycles. The normalized spacial score (nSPS) is 14.3. The average Bonchev–Trinajstić information content (AvgIpc) is 2.50. The summed E-state index contributed by atoms with van der Waals surface area (Å²) in [6.07, 6.45) is -9.10. The molecular formula is C13H14F4N2O7S. The van der Waals surface area contributed by atoms with Gasteiger partial charge in [-0.3, -0.25) is 9.52 Å². The number of aliphatic hydroxyl groups is 2. The van der Waals surface area contributed by atoms with E-state index < -0.39 is 69.7 Å². The Hall–Kier alpha value is -2.45. The van der Waals surface area contributed by atoms with E-state index in [1.807, 2.05) is 0 Å². The number of anilines is 1. The number of rotatable bonds is 8. The van der Waals surface area contributed by atoms with Crippen LogP contribution in [0.3, 0.4) is 0 Å². The van der Waals surface area contributed by atoms with Gasteiger partial charge in [-0.05, 0) is 18.2 Å². The van der Waals surface area contributed by atoms with E-state index in [2.05, 4.69) is 4.74 Å².